The van der Waals surface area contributed by atoms with Gasteiger partial charge in [0.05, 0.1) is 18.0 Å². The monoisotopic (exact) mass is 457 g/mol. The van der Waals surface area contributed by atoms with Crippen molar-refractivity contribution in [3.8, 4) is 17.4 Å². The number of hydrogen-bond acceptors (Lipinski definition) is 6. The SMILES string of the molecule is COc1ccc(CNC(=O)Nc2ccc(Oc3ncnc4cc(N(C)C)ccc34)cc2C)cc1. The Labute approximate surface area is 198 Å². The minimum atomic E-state index is -0.286. The summed E-state index contributed by atoms with van der Waals surface area (Å²) >= 11 is 0. The van der Waals surface area contributed by atoms with Crippen LogP contribution in [-0.2, 0) is 6.54 Å². The molecule has 4 aromatic rings. The number of aryl methyl sites for hydroxylation is 1. The van der Waals surface area contributed by atoms with Crippen molar-refractivity contribution in [3.63, 3.8) is 0 Å². The van der Waals surface area contributed by atoms with Gasteiger partial charge in [-0.2, -0.15) is 0 Å². The van der Waals surface area contributed by atoms with E-state index in [1.165, 1.54) is 6.33 Å². The van der Waals surface area contributed by atoms with Crippen LogP contribution < -0.4 is 25.0 Å². The second-order valence-electron chi connectivity index (χ2n) is 8.01. The Balaban J connectivity index is 1.41. The summed E-state index contributed by atoms with van der Waals surface area (Å²) < 4.78 is 11.2. The van der Waals surface area contributed by atoms with Crippen LogP contribution in [0.25, 0.3) is 10.9 Å². The first-order chi connectivity index (χ1) is 16.4. The number of amides is 2. The second-order valence-corrected chi connectivity index (χ2v) is 8.01. The highest BCUT2D eigenvalue weighted by Crippen LogP contribution is 2.30. The lowest BCUT2D eigenvalue weighted by atomic mass is 10.2. The van der Waals surface area contributed by atoms with Gasteiger partial charge in [0.1, 0.15) is 17.8 Å². The summed E-state index contributed by atoms with van der Waals surface area (Å²) in [6, 6.07) is 18.7. The number of nitrogens with zero attached hydrogens (tertiary/aromatic N) is 3. The van der Waals surface area contributed by atoms with Crippen LogP contribution in [0.1, 0.15) is 11.1 Å². The molecular weight excluding hydrogens is 430 g/mol. The highest BCUT2D eigenvalue weighted by atomic mass is 16.5. The molecule has 1 heterocycles. The lowest BCUT2D eigenvalue weighted by molar-refractivity contribution is 0.251. The van der Waals surface area contributed by atoms with E-state index in [0.29, 0.717) is 23.9 Å². The van der Waals surface area contributed by atoms with Crippen LogP contribution in [0, 0.1) is 6.92 Å². The Kier molecular flexibility index (Phi) is 6.77. The van der Waals surface area contributed by atoms with E-state index in [1.807, 2.05) is 80.5 Å². The summed E-state index contributed by atoms with van der Waals surface area (Å²) in [6.07, 6.45) is 1.49. The molecule has 174 valence electrons. The number of aromatic nitrogens is 2. The number of benzene rings is 3. The molecule has 4 rings (SSSR count). The second kappa shape index (κ2) is 10.1. The first-order valence-corrected chi connectivity index (χ1v) is 10.8. The van der Waals surface area contributed by atoms with Gasteiger partial charge in [0.15, 0.2) is 0 Å². The molecule has 8 heteroatoms. The molecule has 3 aromatic carbocycles. The topological polar surface area (TPSA) is 88.6 Å². The van der Waals surface area contributed by atoms with Gasteiger partial charge in [0, 0.05) is 32.0 Å². The molecule has 0 atom stereocenters. The van der Waals surface area contributed by atoms with E-state index in [-0.39, 0.29) is 6.03 Å². The molecule has 0 spiro atoms. The van der Waals surface area contributed by atoms with Crippen molar-refractivity contribution in [1.82, 2.24) is 15.3 Å². The van der Waals surface area contributed by atoms with Crippen LogP contribution in [0.4, 0.5) is 16.2 Å². The number of anilines is 2. The summed E-state index contributed by atoms with van der Waals surface area (Å²) in [6.45, 7) is 2.32. The van der Waals surface area contributed by atoms with Gasteiger partial charge in [0.2, 0.25) is 5.88 Å². The Morgan fingerprint density at radius 2 is 1.74 bits per heavy atom. The maximum absolute atomic E-state index is 12.4. The Hall–Kier alpha value is -4.33. The first kappa shape index (κ1) is 22.8. The maximum atomic E-state index is 12.4. The maximum Gasteiger partial charge on any atom is 0.319 e. The summed E-state index contributed by atoms with van der Waals surface area (Å²) in [4.78, 5) is 23.0. The van der Waals surface area contributed by atoms with E-state index in [1.54, 1.807) is 13.2 Å². The summed E-state index contributed by atoms with van der Waals surface area (Å²) in [5.74, 6) is 1.88. The van der Waals surface area contributed by atoms with Crippen LogP contribution >= 0.6 is 0 Å². The molecule has 2 N–H and O–H groups in total. The summed E-state index contributed by atoms with van der Waals surface area (Å²) in [5, 5.41) is 6.56. The largest absolute Gasteiger partial charge is 0.497 e. The molecule has 0 aliphatic heterocycles. The highest BCUT2D eigenvalue weighted by Gasteiger charge is 2.10. The number of fused-ring (bicyclic) bond motifs is 1. The molecule has 0 saturated heterocycles. The van der Waals surface area contributed by atoms with Crippen molar-refractivity contribution in [3.05, 3.63) is 78.1 Å². The Bertz CT molecular complexity index is 1310. The molecule has 0 bridgehead atoms. The number of rotatable bonds is 7. The normalized spacial score (nSPS) is 10.6. The first-order valence-electron chi connectivity index (χ1n) is 10.8. The van der Waals surface area contributed by atoms with Crippen molar-refractivity contribution in [2.75, 3.05) is 31.4 Å². The van der Waals surface area contributed by atoms with E-state index in [4.69, 9.17) is 9.47 Å². The Morgan fingerprint density at radius 3 is 2.44 bits per heavy atom. The van der Waals surface area contributed by atoms with Gasteiger partial charge in [-0.1, -0.05) is 12.1 Å². The van der Waals surface area contributed by atoms with Gasteiger partial charge >= 0.3 is 6.03 Å². The third-order valence-corrected chi connectivity index (χ3v) is 5.37. The molecule has 34 heavy (non-hydrogen) atoms. The van der Waals surface area contributed by atoms with Crippen LogP contribution in [-0.4, -0.2) is 37.2 Å². The molecule has 0 unspecified atom stereocenters. The van der Waals surface area contributed by atoms with Gasteiger partial charge in [0.25, 0.3) is 0 Å². The smallest absolute Gasteiger partial charge is 0.319 e. The van der Waals surface area contributed by atoms with Gasteiger partial charge in [-0.3, -0.25) is 0 Å². The van der Waals surface area contributed by atoms with E-state index in [9.17, 15) is 4.79 Å². The average Bonchev–Trinajstić information content (AvgIpc) is 2.84. The molecule has 8 nitrogen and oxygen atoms in total. The predicted octanol–water partition coefficient (Wildman–Crippen LogP) is 5.13. The number of nitrogens with one attached hydrogen (secondary N) is 2. The minimum Gasteiger partial charge on any atom is -0.497 e. The molecule has 1 aromatic heterocycles. The predicted molar refractivity (Wildman–Crippen MR) is 134 cm³/mol. The fraction of sp³-hybridized carbons (Fsp3) is 0.192. The van der Waals surface area contributed by atoms with Crippen molar-refractivity contribution < 1.29 is 14.3 Å². The van der Waals surface area contributed by atoms with E-state index < -0.39 is 0 Å². The van der Waals surface area contributed by atoms with Crippen molar-refractivity contribution in [1.29, 1.82) is 0 Å². The van der Waals surface area contributed by atoms with Crippen LogP contribution in [0.3, 0.4) is 0 Å². The van der Waals surface area contributed by atoms with Crippen molar-refractivity contribution in [2.45, 2.75) is 13.5 Å². The minimum absolute atomic E-state index is 0.286. The van der Waals surface area contributed by atoms with Crippen molar-refractivity contribution in [2.24, 2.45) is 0 Å². The standard InChI is InChI=1S/C26H27N5O3/c1-17-13-21(34-25-22-11-7-19(31(2)3)14-24(22)28-16-29-25)10-12-23(17)30-26(32)27-15-18-5-8-20(33-4)9-6-18/h5-14,16H,15H2,1-4H3,(H2,27,30,32). The van der Waals surface area contributed by atoms with Crippen LogP contribution in [0.15, 0.2) is 67.0 Å². The number of urea groups is 1. The van der Waals surface area contributed by atoms with Gasteiger partial charge in [-0.15, -0.1) is 0 Å². The number of carbonyl (C=O) groups is 1. The fourth-order valence-electron chi connectivity index (χ4n) is 3.42. The molecule has 0 aliphatic carbocycles. The average molecular weight is 458 g/mol. The Morgan fingerprint density at radius 1 is 0.971 bits per heavy atom. The lowest BCUT2D eigenvalue weighted by Crippen LogP contribution is -2.28. The van der Waals surface area contributed by atoms with Crippen LogP contribution in [0.5, 0.6) is 17.4 Å². The molecule has 2 amide bonds. The number of carbonyl (C=O) groups excluding carboxylic acids is 1. The number of methoxy groups -OCH3 is 1. The molecule has 0 radical (unpaired) electrons. The van der Waals surface area contributed by atoms with Gasteiger partial charge < -0.3 is 25.0 Å². The molecule has 0 fully saturated rings. The number of hydrogen-bond donors (Lipinski definition) is 2. The van der Waals surface area contributed by atoms with E-state index in [0.717, 1.165) is 33.5 Å². The van der Waals surface area contributed by atoms with Gasteiger partial charge in [-0.05, 0) is 66.6 Å². The highest BCUT2D eigenvalue weighted by molar-refractivity contribution is 5.90. The third-order valence-electron chi connectivity index (χ3n) is 5.37. The zero-order valence-electron chi connectivity index (χ0n) is 19.6. The number of ether oxygens (including phenoxy) is 2. The summed E-state index contributed by atoms with van der Waals surface area (Å²) in [7, 11) is 5.59. The van der Waals surface area contributed by atoms with E-state index in [2.05, 4.69) is 20.6 Å². The van der Waals surface area contributed by atoms with E-state index >= 15 is 0 Å². The van der Waals surface area contributed by atoms with Crippen molar-refractivity contribution >= 4 is 28.3 Å². The van der Waals surface area contributed by atoms with Gasteiger partial charge in [-0.25, -0.2) is 14.8 Å². The third kappa shape index (κ3) is 5.35. The zero-order valence-corrected chi connectivity index (χ0v) is 19.6. The fourth-order valence-corrected chi connectivity index (χ4v) is 3.42. The molecule has 0 aliphatic rings. The molecule has 0 saturated carbocycles. The molecular formula is C26H27N5O3. The lowest BCUT2D eigenvalue weighted by Gasteiger charge is -2.14. The quantitative estimate of drug-likeness (QED) is 0.400. The zero-order chi connectivity index (χ0) is 24.1. The summed E-state index contributed by atoms with van der Waals surface area (Å²) in [5.41, 5.74) is 4.40. The van der Waals surface area contributed by atoms with Crippen LogP contribution in [0.2, 0.25) is 0 Å².